The second-order valence-electron chi connectivity index (χ2n) is 21.8. The number of carbonyl (C=O) groups excluding carboxylic acids is 6. The van der Waals surface area contributed by atoms with E-state index in [0.29, 0.717) is 57.8 Å². The molecule has 77 heavy (non-hydrogen) atoms. The molecule has 15 atom stereocenters. The Morgan fingerprint density at radius 2 is 1.58 bits per heavy atom. The van der Waals surface area contributed by atoms with Gasteiger partial charge in [-0.25, -0.2) is 9.59 Å². The van der Waals surface area contributed by atoms with E-state index in [0.717, 1.165) is 22.6 Å². The van der Waals surface area contributed by atoms with Gasteiger partial charge in [0.05, 0.1) is 29.3 Å². The predicted octanol–water partition coefficient (Wildman–Crippen LogP) is 8.31. The number of methoxy groups -OCH3 is 3. The van der Waals surface area contributed by atoms with E-state index < -0.39 is 113 Å². The number of ether oxygens (including phenoxy) is 7. The minimum absolute atomic E-state index is 0.0348. The highest BCUT2D eigenvalue weighted by molar-refractivity contribution is 6.39. The van der Waals surface area contributed by atoms with Crippen LogP contribution in [0.15, 0.2) is 71.9 Å². The number of benzene rings is 1. The molecule has 2 bridgehead atoms. The van der Waals surface area contributed by atoms with Gasteiger partial charge in [-0.2, -0.15) is 0 Å². The lowest BCUT2D eigenvalue weighted by Gasteiger charge is -2.42. The maximum atomic E-state index is 14.6. The molecule has 1 aliphatic carbocycles. The Labute approximate surface area is 452 Å². The topological polar surface area (TPSA) is 254 Å². The van der Waals surface area contributed by atoms with E-state index in [2.05, 4.69) is 0 Å². The summed E-state index contributed by atoms with van der Waals surface area (Å²) in [5, 5.41) is 33.9. The fourth-order valence-corrected chi connectivity index (χ4v) is 11.1. The molecule has 2 N–H and O–H groups in total. The second kappa shape index (κ2) is 29.0. The summed E-state index contributed by atoms with van der Waals surface area (Å²) < 4.78 is 41.0. The van der Waals surface area contributed by atoms with E-state index in [-0.39, 0.29) is 60.4 Å². The van der Waals surface area contributed by atoms with Crippen LogP contribution in [0.25, 0.3) is 0 Å². The first-order valence-electron chi connectivity index (χ1n) is 27.1. The number of Topliss-reactive ketones (excluding diaryl/α,β-unsaturated/α-hetero) is 3. The van der Waals surface area contributed by atoms with Crippen LogP contribution in [0, 0.1) is 45.6 Å². The smallest absolute Gasteiger partial charge is 0.460 e. The molecule has 1 aromatic carbocycles. The van der Waals surface area contributed by atoms with Gasteiger partial charge in [0, 0.05) is 70.6 Å². The van der Waals surface area contributed by atoms with Gasteiger partial charge in [-0.3, -0.25) is 29.3 Å². The third-order valence-corrected chi connectivity index (χ3v) is 15.9. The third-order valence-electron chi connectivity index (χ3n) is 15.9. The summed E-state index contributed by atoms with van der Waals surface area (Å²) in [5.74, 6) is -9.19. The molecule has 19 heteroatoms. The fraction of sp³-hybridized carbons (Fsp3) is 0.655. The molecule has 1 aromatic rings. The summed E-state index contributed by atoms with van der Waals surface area (Å²) in [6.07, 6.45) is 8.22. The zero-order chi connectivity index (χ0) is 56.7. The number of non-ortho nitro benzene ring substituents is 1. The SMILES string of the molecule is COC1C[C@@H]2CC[C@@H](C)[C@@](O)(O2)C(=O)C(=O)N2CCCC[C@H]2C(=O)O[C@H]([C@H](C)C[C@@H]2CC[C@@H](O)[C@H](OC)C2)CC(=O)[C@H](C)/C=C(\C)[C@@H](OC(=O)Oc2ccc([N+](=O)[O-])cc2)[C@@H](OC)C(=O)[C@H](C)C[C@H](C)/C=C/C=C/C=C/1C. The van der Waals surface area contributed by atoms with E-state index in [1.165, 1.54) is 26.4 Å². The van der Waals surface area contributed by atoms with Gasteiger partial charge in [0.2, 0.25) is 5.79 Å². The van der Waals surface area contributed by atoms with Crippen LogP contribution in [0.3, 0.4) is 0 Å². The first-order chi connectivity index (χ1) is 36.5. The number of piperidine rings is 1. The third kappa shape index (κ3) is 16.8. The van der Waals surface area contributed by atoms with Crippen molar-refractivity contribution >= 4 is 41.1 Å². The van der Waals surface area contributed by atoms with Crippen LogP contribution in [0.1, 0.15) is 126 Å². The van der Waals surface area contributed by atoms with Crippen LogP contribution in [0.5, 0.6) is 5.75 Å². The van der Waals surface area contributed by atoms with Crippen molar-refractivity contribution in [3.05, 3.63) is 82.0 Å². The van der Waals surface area contributed by atoms with E-state index in [1.54, 1.807) is 40.9 Å². The van der Waals surface area contributed by atoms with Crippen LogP contribution in [-0.2, 0) is 52.4 Å². The number of nitrogens with zero attached hydrogens (tertiary/aromatic N) is 2. The summed E-state index contributed by atoms with van der Waals surface area (Å²) in [6.45, 7) is 12.3. The number of aliphatic hydroxyl groups is 2. The summed E-state index contributed by atoms with van der Waals surface area (Å²) in [4.78, 5) is 97.6. The number of ketones is 3. The first kappa shape index (κ1) is 62.4. The van der Waals surface area contributed by atoms with E-state index in [4.69, 9.17) is 33.2 Å². The van der Waals surface area contributed by atoms with Crippen LogP contribution in [0.2, 0.25) is 0 Å². The van der Waals surface area contributed by atoms with E-state index >= 15 is 0 Å². The average molecular weight is 1080 g/mol. The molecule has 0 radical (unpaired) electrons. The number of nitro groups is 1. The number of hydrogen-bond donors (Lipinski definition) is 2. The molecule has 3 fully saturated rings. The Bertz CT molecular complexity index is 2350. The summed E-state index contributed by atoms with van der Waals surface area (Å²) in [7, 11) is 4.39. The zero-order valence-corrected chi connectivity index (χ0v) is 46.5. The quantitative estimate of drug-likeness (QED) is 0.0589. The van der Waals surface area contributed by atoms with Crippen molar-refractivity contribution in [1.82, 2.24) is 4.90 Å². The number of fused-ring (bicyclic) bond motifs is 3. The molecule has 1 amide bonds. The highest BCUT2D eigenvalue weighted by atomic mass is 16.7. The standard InChI is InChI=1S/C58H82N2O17/c1-34-16-12-11-13-17-35(2)48(71-8)32-44-23-19-40(7)58(68,77-44)54(64)55(65)59-27-15-14-18-45(59)56(66)75-49(37(4)30-41-20-26-46(61)50(31-41)72-9)33-47(62)36(3)29-39(6)52(53(73-10)51(63)38(5)28-34)76-57(67)74-43-24-21-42(22-25-43)60(69)70/h11-13,16-17,21-22,24-25,29,34,36-38,40-41,44-46,48-50,52-53,61,68H,14-15,18-20,23,26-28,30-33H2,1-10H3/b13-11+,16-12+,35-17+,39-29+/t34-,36-,37-,38-,40-,41+,44+,45+,46-,48?,49+,50-,52-,53+,58-/m1/s1. The molecule has 19 nitrogen and oxygen atoms in total. The average Bonchev–Trinajstić information content (AvgIpc) is 3.41. The van der Waals surface area contributed by atoms with E-state index in [9.17, 15) is 49.1 Å². The number of hydrogen-bond acceptors (Lipinski definition) is 17. The number of cyclic esters (lactones) is 1. The van der Waals surface area contributed by atoms with Crippen LogP contribution < -0.4 is 4.74 Å². The molecular formula is C58H82N2O17. The highest BCUT2D eigenvalue weighted by Crippen LogP contribution is 2.38. The van der Waals surface area contributed by atoms with Gasteiger partial charge in [-0.05, 0) is 119 Å². The molecule has 5 rings (SSSR count). The number of allylic oxidation sites excluding steroid dienone is 6. The largest absolute Gasteiger partial charge is 0.514 e. The Hall–Kier alpha value is -5.44. The van der Waals surface area contributed by atoms with Gasteiger partial charge in [-0.1, -0.05) is 71.1 Å². The van der Waals surface area contributed by atoms with Crippen molar-refractivity contribution < 1.29 is 77.1 Å². The molecule has 3 heterocycles. The lowest BCUT2D eigenvalue weighted by atomic mass is 9.78. The van der Waals surface area contributed by atoms with Crippen LogP contribution in [0.4, 0.5) is 10.5 Å². The zero-order valence-electron chi connectivity index (χ0n) is 46.5. The van der Waals surface area contributed by atoms with Crippen molar-refractivity contribution in [2.24, 2.45) is 35.5 Å². The Kier molecular flexibility index (Phi) is 23.5. The van der Waals surface area contributed by atoms with Crippen molar-refractivity contribution in [3.63, 3.8) is 0 Å². The molecular weight excluding hydrogens is 997 g/mol. The van der Waals surface area contributed by atoms with E-state index in [1.807, 2.05) is 51.2 Å². The molecule has 0 spiro atoms. The van der Waals surface area contributed by atoms with Gasteiger partial charge in [-0.15, -0.1) is 0 Å². The first-order valence-corrected chi connectivity index (χ1v) is 27.1. The number of esters is 1. The minimum Gasteiger partial charge on any atom is -0.460 e. The van der Waals surface area contributed by atoms with Crippen molar-refractivity contribution in [2.45, 2.75) is 180 Å². The van der Waals surface area contributed by atoms with Crippen LogP contribution in [-0.4, -0.2) is 138 Å². The van der Waals surface area contributed by atoms with Crippen molar-refractivity contribution in [2.75, 3.05) is 27.9 Å². The van der Waals surface area contributed by atoms with Gasteiger partial charge < -0.3 is 48.3 Å². The van der Waals surface area contributed by atoms with Gasteiger partial charge >= 0.3 is 12.1 Å². The van der Waals surface area contributed by atoms with Crippen molar-refractivity contribution in [3.8, 4) is 5.75 Å². The lowest BCUT2D eigenvalue weighted by molar-refractivity contribution is -0.384. The van der Waals surface area contributed by atoms with Gasteiger partial charge in [0.25, 0.3) is 17.4 Å². The number of carbonyl (C=O) groups is 6. The molecule has 1 saturated carbocycles. The predicted molar refractivity (Wildman–Crippen MR) is 283 cm³/mol. The Morgan fingerprint density at radius 3 is 2.25 bits per heavy atom. The second-order valence-corrected chi connectivity index (χ2v) is 21.8. The molecule has 1 unspecified atom stereocenters. The van der Waals surface area contributed by atoms with Crippen LogP contribution >= 0.6 is 0 Å². The normalized spacial score (nSPS) is 35.7. The minimum atomic E-state index is -2.48. The molecule has 2 saturated heterocycles. The molecule has 426 valence electrons. The Balaban J connectivity index is 1.53. The summed E-state index contributed by atoms with van der Waals surface area (Å²) >= 11 is 0. The maximum absolute atomic E-state index is 14.6. The monoisotopic (exact) mass is 1080 g/mol. The van der Waals surface area contributed by atoms with Gasteiger partial charge in [0.1, 0.15) is 23.7 Å². The number of rotatable bonds is 9. The highest BCUT2D eigenvalue weighted by Gasteiger charge is 2.53. The maximum Gasteiger partial charge on any atom is 0.514 e. The number of amides is 1. The summed E-state index contributed by atoms with van der Waals surface area (Å²) in [5.41, 5.74) is 0.863. The van der Waals surface area contributed by atoms with Gasteiger partial charge in [0.15, 0.2) is 18.0 Å². The molecule has 3 aliphatic heterocycles. The number of nitro benzene ring substituents is 1. The molecule has 4 aliphatic rings. The lowest BCUT2D eigenvalue weighted by Crippen LogP contribution is -2.61. The summed E-state index contributed by atoms with van der Waals surface area (Å²) in [6, 6.07) is 3.54. The molecule has 0 aromatic heterocycles. The fourth-order valence-electron chi connectivity index (χ4n) is 11.1. The number of aliphatic hydroxyl groups excluding tert-OH is 1. The Morgan fingerprint density at radius 1 is 0.870 bits per heavy atom. The van der Waals surface area contributed by atoms with Crippen molar-refractivity contribution in [1.29, 1.82) is 0 Å².